The molecular formula is C20H26N4O4. The molecule has 8 nitrogen and oxygen atoms in total. The third-order valence-corrected chi connectivity index (χ3v) is 4.19. The molecular weight excluding hydrogens is 360 g/mol. The maximum Gasteiger partial charge on any atom is 0.325 e. The van der Waals surface area contributed by atoms with Gasteiger partial charge in [-0.1, -0.05) is 20.8 Å². The largest absolute Gasteiger partial charge is 0.480 e. The number of carbonyl (C=O) groups excluding carboxylic acids is 2. The van der Waals surface area contributed by atoms with E-state index in [1.54, 1.807) is 18.3 Å². The van der Waals surface area contributed by atoms with Crippen LogP contribution in [0.4, 0.5) is 5.69 Å². The fraction of sp³-hybridized carbons (Fsp3) is 0.400. The first-order chi connectivity index (χ1) is 13.2. The summed E-state index contributed by atoms with van der Waals surface area (Å²) in [6.07, 6.45) is 2.27. The number of carboxylic acids is 1. The topological polar surface area (TPSA) is 113 Å². The van der Waals surface area contributed by atoms with Crippen LogP contribution in [0.5, 0.6) is 0 Å². The lowest BCUT2D eigenvalue weighted by molar-refractivity contribution is -0.138. The molecule has 150 valence electrons. The highest BCUT2D eigenvalue weighted by molar-refractivity contribution is 6.05. The zero-order chi connectivity index (χ0) is 20.8. The molecule has 1 heterocycles. The van der Waals surface area contributed by atoms with Crippen LogP contribution in [-0.2, 0) is 17.8 Å². The Hall–Kier alpha value is -3.16. The van der Waals surface area contributed by atoms with Gasteiger partial charge >= 0.3 is 5.97 Å². The van der Waals surface area contributed by atoms with E-state index in [4.69, 9.17) is 5.11 Å². The van der Waals surface area contributed by atoms with Gasteiger partial charge in [0.2, 0.25) is 0 Å². The maximum atomic E-state index is 12.6. The van der Waals surface area contributed by atoms with Crippen molar-refractivity contribution in [1.82, 2.24) is 15.1 Å². The van der Waals surface area contributed by atoms with Gasteiger partial charge in [-0.05, 0) is 43.5 Å². The third-order valence-electron chi connectivity index (χ3n) is 4.19. The highest BCUT2D eigenvalue weighted by Crippen LogP contribution is 2.16. The van der Waals surface area contributed by atoms with E-state index in [0.717, 1.165) is 12.2 Å². The molecule has 28 heavy (non-hydrogen) atoms. The van der Waals surface area contributed by atoms with Gasteiger partial charge in [-0.3, -0.25) is 19.1 Å². The second-order valence-corrected chi connectivity index (χ2v) is 7.00. The number of carboxylic acid groups (broad SMARTS) is 1. The van der Waals surface area contributed by atoms with E-state index in [1.165, 1.54) is 19.1 Å². The number of hydrogen-bond acceptors (Lipinski definition) is 4. The van der Waals surface area contributed by atoms with Crippen molar-refractivity contribution in [2.45, 2.75) is 46.7 Å². The summed E-state index contributed by atoms with van der Waals surface area (Å²) in [6, 6.07) is 5.28. The van der Waals surface area contributed by atoms with E-state index in [1.807, 2.05) is 11.6 Å². The smallest absolute Gasteiger partial charge is 0.325 e. The number of amides is 2. The third kappa shape index (κ3) is 5.18. The second kappa shape index (κ2) is 9.16. The molecule has 2 rings (SSSR count). The minimum Gasteiger partial charge on any atom is -0.480 e. The van der Waals surface area contributed by atoms with E-state index >= 15 is 0 Å². The highest BCUT2D eigenvalue weighted by atomic mass is 16.4. The monoisotopic (exact) mass is 386 g/mol. The Morgan fingerprint density at radius 3 is 2.29 bits per heavy atom. The lowest BCUT2D eigenvalue weighted by atomic mass is 10.1. The van der Waals surface area contributed by atoms with Gasteiger partial charge in [0.15, 0.2) is 0 Å². The van der Waals surface area contributed by atoms with Crippen LogP contribution in [0.2, 0.25) is 0 Å². The average molecular weight is 386 g/mol. The molecule has 0 spiro atoms. The van der Waals surface area contributed by atoms with Crippen LogP contribution in [0.25, 0.3) is 0 Å². The number of aromatic nitrogens is 2. The number of benzene rings is 1. The van der Waals surface area contributed by atoms with Crippen molar-refractivity contribution >= 4 is 23.5 Å². The Balaban J connectivity index is 2.08. The zero-order valence-electron chi connectivity index (χ0n) is 16.5. The zero-order valence-corrected chi connectivity index (χ0v) is 16.5. The van der Waals surface area contributed by atoms with Crippen molar-refractivity contribution in [3.8, 4) is 0 Å². The quantitative estimate of drug-likeness (QED) is 0.645. The molecule has 0 saturated carbocycles. The van der Waals surface area contributed by atoms with Gasteiger partial charge in [0.25, 0.3) is 11.8 Å². The van der Waals surface area contributed by atoms with Crippen molar-refractivity contribution in [3.05, 3.63) is 47.3 Å². The molecule has 2 amide bonds. The van der Waals surface area contributed by atoms with Crippen molar-refractivity contribution < 1.29 is 19.5 Å². The molecule has 8 heteroatoms. The van der Waals surface area contributed by atoms with E-state index in [9.17, 15) is 14.4 Å². The first-order valence-electron chi connectivity index (χ1n) is 9.22. The van der Waals surface area contributed by atoms with Gasteiger partial charge in [-0.15, -0.1) is 0 Å². The van der Waals surface area contributed by atoms with Crippen LogP contribution in [0.3, 0.4) is 0 Å². The summed E-state index contributed by atoms with van der Waals surface area (Å²) in [4.78, 5) is 35.5. The van der Waals surface area contributed by atoms with E-state index in [2.05, 4.69) is 29.6 Å². The van der Waals surface area contributed by atoms with Gasteiger partial charge in [-0.2, -0.15) is 5.10 Å². The highest BCUT2D eigenvalue weighted by Gasteiger charge is 2.18. The normalized spacial score (nSPS) is 11.9. The first-order valence-corrected chi connectivity index (χ1v) is 9.22. The van der Waals surface area contributed by atoms with Crippen LogP contribution in [0, 0.1) is 5.92 Å². The Kier molecular flexibility index (Phi) is 6.92. The summed E-state index contributed by atoms with van der Waals surface area (Å²) >= 11 is 0. The van der Waals surface area contributed by atoms with Crippen molar-refractivity contribution in [2.75, 3.05) is 5.32 Å². The van der Waals surface area contributed by atoms with Crippen molar-refractivity contribution in [3.63, 3.8) is 0 Å². The molecule has 0 aliphatic carbocycles. The molecule has 0 saturated heterocycles. The van der Waals surface area contributed by atoms with Gasteiger partial charge in [0, 0.05) is 17.8 Å². The van der Waals surface area contributed by atoms with E-state index in [0.29, 0.717) is 29.2 Å². The van der Waals surface area contributed by atoms with Crippen LogP contribution < -0.4 is 10.6 Å². The number of aliphatic carboxylic acids is 1. The fourth-order valence-electron chi connectivity index (χ4n) is 2.72. The van der Waals surface area contributed by atoms with E-state index in [-0.39, 0.29) is 5.91 Å². The van der Waals surface area contributed by atoms with Crippen LogP contribution in [0.15, 0.2) is 30.5 Å². The molecule has 1 aromatic carbocycles. The second-order valence-electron chi connectivity index (χ2n) is 7.00. The Bertz CT molecular complexity index is 856. The summed E-state index contributed by atoms with van der Waals surface area (Å²) in [5, 5.41) is 18.4. The first kappa shape index (κ1) is 21.1. The van der Waals surface area contributed by atoms with Crippen LogP contribution >= 0.6 is 0 Å². The number of nitrogens with one attached hydrogen (secondary N) is 2. The van der Waals surface area contributed by atoms with Crippen LogP contribution in [-0.4, -0.2) is 38.7 Å². The van der Waals surface area contributed by atoms with Crippen molar-refractivity contribution in [1.29, 1.82) is 0 Å². The van der Waals surface area contributed by atoms with Gasteiger partial charge in [0.05, 0.1) is 17.5 Å². The van der Waals surface area contributed by atoms with Crippen molar-refractivity contribution in [2.24, 2.45) is 5.92 Å². The molecule has 1 unspecified atom stereocenters. The molecule has 0 aliphatic rings. The minimum atomic E-state index is -1.11. The minimum absolute atomic E-state index is 0.261. The molecule has 1 atom stereocenters. The number of anilines is 1. The SMILES string of the molecule is CCc1c(C(=O)Nc2ccc(C(=O)NC(C)C(=O)O)cc2)cnn1CC(C)C. The Morgan fingerprint density at radius 1 is 1.11 bits per heavy atom. The number of carbonyl (C=O) groups is 3. The molecule has 0 aliphatic heterocycles. The molecule has 1 aromatic heterocycles. The standard InChI is InChI=1S/C20H26N4O4/c1-5-17-16(10-21-24(17)11-12(2)3)19(26)23-15-8-6-14(7-9-15)18(25)22-13(4)20(27)28/h6-10,12-13H,5,11H2,1-4H3,(H,22,25)(H,23,26)(H,27,28). The predicted octanol–water partition coefficient (Wildman–Crippen LogP) is 2.56. The van der Waals surface area contributed by atoms with Gasteiger partial charge in [-0.25, -0.2) is 0 Å². The number of nitrogens with zero attached hydrogens (tertiary/aromatic N) is 2. The maximum absolute atomic E-state index is 12.6. The number of hydrogen-bond donors (Lipinski definition) is 3. The lowest BCUT2D eigenvalue weighted by Gasteiger charge is -2.11. The molecule has 0 fully saturated rings. The molecule has 0 bridgehead atoms. The molecule has 0 radical (unpaired) electrons. The predicted molar refractivity (Wildman–Crippen MR) is 105 cm³/mol. The summed E-state index contributed by atoms with van der Waals surface area (Å²) < 4.78 is 1.86. The summed E-state index contributed by atoms with van der Waals surface area (Å²) in [7, 11) is 0. The summed E-state index contributed by atoms with van der Waals surface area (Å²) in [6.45, 7) is 8.30. The van der Waals surface area contributed by atoms with Crippen LogP contribution in [0.1, 0.15) is 54.1 Å². The Morgan fingerprint density at radius 2 is 1.75 bits per heavy atom. The average Bonchev–Trinajstić information content (AvgIpc) is 3.04. The van der Waals surface area contributed by atoms with Gasteiger partial charge in [0.1, 0.15) is 6.04 Å². The molecule has 2 aromatic rings. The van der Waals surface area contributed by atoms with E-state index < -0.39 is 17.9 Å². The Labute approximate surface area is 163 Å². The lowest BCUT2D eigenvalue weighted by Crippen LogP contribution is -2.38. The summed E-state index contributed by atoms with van der Waals surface area (Å²) in [5.41, 5.74) is 2.25. The fourth-order valence-corrected chi connectivity index (χ4v) is 2.72. The molecule has 3 N–H and O–H groups in total. The van der Waals surface area contributed by atoms with Gasteiger partial charge < -0.3 is 15.7 Å². The summed E-state index contributed by atoms with van der Waals surface area (Å²) in [5.74, 6) is -1.44. The number of rotatable bonds is 8.